The monoisotopic (exact) mass is 360 g/mol. The van der Waals surface area contributed by atoms with Gasteiger partial charge in [-0.05, 0) is 36.1 Å². The van der Waals surface area contributed by atoms with Gasteiger partial charge in [-0.2, -0.15) is 0 Å². The molecule has 3 heterocycles. The first-order valence-corrected chi connectivity index (χ1v) is 9.31. The van der Waals surface area contributed by atoms with Gasteiger partial charge in [0.1, 0.15) is 0 Å². The molecule has 0 aliphatic carbocycles. The molecule has 1 aliphatic heterocycles. The quantitative estimate of drug-likeness (QED) is 0.759. The van der Waals surface area contributed by atoms with Gasteiger partial charge in [-0.3, -0.25) is 9.78 Å². The average molecular weight is 360 g/mol. The summed E-state index contributed by atoms with van der Waals surface area (Å²) in [5, 5.41) is 0.878. The molecule has 1 unspecified atom stereocenters. The van der Waals surface area contributed by atoms with Crippen molar-refractivity contribution in [3.05, 3.63) is 60.4 Å². The van der Waals surface area contributed by atoms with Crippen LogP contribution in [0.1, 0.15) is 30.6 Å². The van der Waals surface area contributed by atoms with Crippen molar-refractivity contribution >= 4 is 16.8 Å². The minimum atomic E-state index is -0.0943. The number of carbonyl (C=O) groups is 1. The smallest absolute Gasteiger partial charge is 0.254 e. The average Bonchev–Trinajstić information content (AvgIpc) is 2.69. The Balaban J connectivity index is 1.79. The lowest BCUT2D eigenvalue weighted by atomic mass is 9.79. The number of carbonyl (C=O) groups excluding carboxylic acids is 1. The Labute approximate surface area is 159 Å². The third-order valence-electron chi connectivity index (χ3n) is 5.50. The molecule has 1 amide bonds. The van der Waals surface area contributed by atoms with E-state index >= 15 is 0 Å². The summed E-state index contributed by atoms with van der Waals surface area (Å²) in [4.78, 5) is 24.3. The second kappa shape index (κ2) is 6.74. The topological polar surface area (TPSA) is 72.1 Å². The Bertz CT molecular complexity index is 984. The van der Waals surface area contributed by atoms with E-state index in [2.05, 4.69) is 18.8 Å². The standard InChI is InChI=1S/C22H24N4O/c1-22(2)14-26(11-9-20(22)23)21(27)17-12-19(15-6-5-10-24-13-15)25-18-8-4-3-7-16(17)18/h3-8,10,12-13,20H,9,11,14,23H2,1-2H3. The third-order valence-corrected chi connectivity index (χ3v) is 5.50. The molecule has 0 radical (unpaired) electrons. The van der Waals surface area contributed by atoms with Gasteiger partial charge in [0.25, 0.3) is 5.91 Å². The molecule has 1 aliphatic rings. The zero-order chi connectivity index (χ0) is 19.0. The van der Waals surface area contributed by atoms with Crippen molar-refractivity contribution in [3.8, 4) is 11.3 Å². The predicted octanol–water partition coefficient (Wildman–Crippen LogP) is 3.50. The maximum absolute atomic E-state index is 13.4. The molecule has 1 atom stereocenters. The molecule has 138 valence electrons. The summed E-state index contributed by atoms with van der Waals surface area (Å²) < 4.78 is 0. The zero-order valence-corrected chi connectivity index (χ0v) is 15.7. The summed E-state index contributed by atoms with van der Waals surface area (Å²) in [5.41, 5.74) is 9.32. The lowest BCUT2D eigenvalue weighted by molar-refractivity contribution is 0.0535. The van der Waals surface area contributed by atoms with Crippen LogP contribution in [-0.2, 0) is 0 Å². The second-order valence-electron chi connectivity index (χ2n) is 7.92. The van der Waals surface area contributed by atoms with Crippen molar-refractivity contribution in [3.63, 3.8) is 0 Å². The largest absolute Gasteiger partial charge is 0.338 e. The number of fused-ring (bicyclic) bond motifs is 1. The van der Waals surface area contributed by atoms with Crippen molar-refractivity contribution in [1.82, 2.24) is 14.9 Å². The highest BCUT2D eigenvalue weighted by atomic mass is 16.2. The molecular weight excluding hydrogens is 336 g/mol. The molecule has 1 fully saturated rings. The van der Waals surface area contributed by atoms with Gasteiger partial charge in [-0.15, -0.1) is 0 Å². The molecule has 0 bridgehead atoms. The SMILES string of the molecule is CC1(C)CN(C(=O)c2cc(-c3cccnc3)nc3ccccc23)CCC1N. The van der Waals surface area contributed by atoms with Gasteiger partial charge < -0.3 is 10.6 Å². The fourth-order valence-electron chi connectivity index (χ4n) is 3.73. The van der Waals surface area contributed by atoms with Crippen LogP contribution in [0.25, 0.3) is 22.2 Å². The maximum Gasteiger partial charge on any atom is 0.254 e. The molecule has 3 aromatic rings. The van der Waals surface area contributed by atoms with Crippen molar-refractivity contribution in [1.29, 1.82) is 0 Å². The molecule has 27 heavy (non-hydrogen) atoms. The number of likely N-dealkylation sites (tertiary alicyclic amines) is 1. The van der Waals surface area contributed by atoms with Crippen molar-refractivity contribution in [2.45, 2.75) is 26.3 Å². The van der Waals surface area contributed by atoms with Gasteiger partial charge >= 0.3 is 0 Å². The zero-order valence-electron chi connectivity index (χ0n) is 15.7. The second-order valence-corrected chi connectivity index (χ2v) is 7.92. The highest BCUT2D eigenvalue weighted by molar-refractivity contribution is 6.07. The number of hydrogen-bond donors (Lipinski definition) is 1. The summed E-state index contributed by atoms with van der Waals surface area (Å²) in [7, 11) is 0. The van der Waals surface area contributed by atoms with Gasteiger partial charge in [0.05, 0.1) is 16.8 Å². The molecule has 2 aromatic heterocycles. The van der Waals surface area contributed by atoms with Crippen LogP contribution >= 0.6 is 0 Å². The summed E-state index contributed by atoms with van der Waals surface area (Å²) in [6, 6.07) is 13.6. The van der Waals surface area contributed by atoms with Gasteiger partial charge in [-0.1, -0.05) is 32.0 Å². The van der Waals surface area contributed by atoms with E-state index in [-0.39, 0.29) is 17.4 Å². The van der Waals surface area contributed by atoms with Crippen molar-refractivity contribution < 1.29 is 4.79 Å². The number of rotatable bonds is 2. The molecule has 0 spiro atoms. The fraction of sp³-hybridized carbons (Fsp3) is 0.318. The van der Waals surface area contributed by atoms with Crippen LogP contribution in [0, 0.1) is 5.41 Å². The minimum absolute atomic E-state index is 0.0405. The molecule has 5 heteroatoms. The summed E-state index contributed by atoms with van der Waals surface area (Å²) in [6.07, 6.45) is 4.32. The Morgan fingerprint density at radius 1 is 1.22 bits per heavy atom. The number of piperidine rings is 1. The molecule has 4 rings (SSSR count). The lowest BCUT2D eigenvalue weighted by Gasteiger charge is -2.42. The highest BCUT2D eigenvalue weighted by Crippen LogP contribution is 2.31. The molecule has 0 saturated carbocycles. The summed E-state index contributed by atoms with van der Waals surface area (Å²) >= 11 is 0. The van der Waals surface area contributed by atoms with E-state index in [0.717, 1.165) is 28.6 Å². The first kappa shape index (κ1) is 17.6. The molecule has 1 aromatic carbocycles. The molecular formula is C22H24N4O. The van der Waals surface area contributed by atoms with E-state index in [4.69, 9.17) is 10.7 Å². The fourth-order valence-corrected chi connectivity index (χ4v) is 3.73. The van der Waals surface area contributed by atoms with Crippen molar-refractivity contribution in [2.75, 3.05) is 13.1 Å². The van der Waals surface area contributed by atoms with Gasteiger partial charge in [0, 0.05) is 42.5 Å². The number of nitrogens with two attached hydrogens (primary N) is 1. The van der Waals surface area contributed by atoms with Gasteiger partial charge in [0.2, 0.25) is 0 Å². The summed E-state index contributed by atoms with van der Waals surface area (Å²) in [5.74, 6) is 0.0405. The Kier molecular flexibility index (Phi) is 4.40. The van der Waals surface area contributed by atoms with Crippen LogP contribution in [0.2, 0.25) is 0 Å². The Morgan fingerprint density at radius 3 is 2.78 bits per heavy atom. The normalized spacial score (nSPS) is 19.2. The van der Waals surface area contributed by atoms with Crippen LogP contribution in [0.5, 0.6) is 0 Å². The Morgan fingerprint density at radius 2 is 2.04 bits per heavy atom. The number of pyridine rings is 2. The van der Waals surface area contributed by atoms with E-state index in [9.17, 15) is 4.79 Å². The predicted molar refractivity (Wildman–Crippen MR) is 107 cm³/mol. The Hall–Kier alpha value is -2.79. The van der Waals surface area contributed by atoms with E-state index in [1.165, 1.54) is 0 Å². The molecule has 1 saturated heterocycles. The van der Waals surface area contributed by atoms with Gasteiger partial charge in [-0.25, -0.2) is 4.98 Å². The first-order valence-electron chi connectivity index (χ1n) is 9.31. The number of amides is 1. The minimum Gasteiger partial charge on any atom is -0.338 e. The lowest BCUT2D eigenvalue weighted by Crippen LogP contribution is -2.54. The van der Waals surface area contributed by atoms with E-state index in [0.29, 0.717) is 18.7 Å². The number of nitrogens with zero attached hydrogens (tertiary/aromatic N) is 3. The van der Waals surface area contributed by atoms with Crippen LogP contribution in [0.4, 0.5) is 0 Å². The van der Waals surface area contributed by atoms with Crippen LogP contribution in [0.3, 0.4) is 0 Å². The third kappa shape index (κ3) is 3.30. The van der Waals surface area contributed by atoms with Crippen LogP contribution in [0.15, 0.2) is 54.9 Å². The van der Waals surface area contributed by atoms with E-state index in [1.807, 2.05) is 47.4 Å². The summed E-state index contributed by atoms with van der Waals surface area (Å²) in [6.45, 7) is 5.60. The van der Waals surface area contributed by atoms with Crippen LogP contribution in [-0.4, -0.2) is 39.9 Å². The van der Waals surface area contributed by atoms with Gasteiger partial charge in [0.15, 0.2) is 0 Å². The van der Waals surface area contributed by atoms with E-state index in [1.54, 1.807) is 12.4 Å². The molecule has 2 N–H and O–H groups in total. The number of benzene rings is 1. The maximum atomic E-state index is 13.4. The number of aromatic nitrogens is 2. The highest BCUT2D eigenvalue weighted by Gasteiger charge is 2.36. The number of hydrogen-bond acceptors (Lipinski definition) is 4. The first-order chi connectivity index (χ1) is 13.0. The van der Waals surface area contributed by atoms with E-state index < -0.39 is 0 Å². The van der Waals surface area contributed by atoms with Crippen LogP contribution < -0.4 is 5.73 Å². The number of para-hydroxylation sites is 1. The van der Waals surface area contributed by atoms with Crippen molar-refractivity contribution in [2.24, 2.45) is 11.1 Å². The molecule has 5 nitrogen and oxygen atoms in total.